The number of rotatable bonds is 1. The van der Waals surface area contributed by atoms with E-state index in [9.17, 15) is 4.79 Å². The second-order valence-corrected chi connectivity index (χ2v) is 3.41. The van der Waals surface area contributed by atoms with Gasteiger partial charge < -0.3 is 10.2 Å². The lowest BCUT2D eigenvalue weighted by atomic mass is 10.1. The first-order valence-corrected chi connectivity index (χ1v) is 4.70. The highest BCUT2D eigenvalue weighted by Crippen LogP contribution is 2.29. The topological polar surface area (TPSA) is 79.9 Å². The molecule has 0 spiro atoms. The summed E-state index contributed by atoms with van der Waals surface area (Å²) in [5.74, 6) is -0.146. The number of amides is 1. The van der Waals surface area contributed by atoms with Crippen LogP contribution in [0.2, 0.25) is 0 Å². The molecule has 1 aliphatic rings. The van der Waals surface area contributed by atoms with Gasteiger partial charge in [0, 0.05) is 0 Å². The zero-order valence-electron chi connectivity index (χ0n) is 8.40. The molecule has 0 aliphatic carbocycles. The standard InChI is InChI=1S/C11H8N4O/c12-3-4-15-7-11(16)14-9-2-1-8(6-13)5-10(9)15/h1-2,5H,4,7H2,(H,14,16). The van der Waals surface area contributed by atoms with Gasteiger partial charge in [0.25, 0.3) is 0 Å². The second kappa shape index (κ2) is 3.92. The second-order valence-electron chi connectivity index (χ2n) is 3.41. The fourth-order valence-corrected chi connectivity index (χ4v) is 1.64. The lowest BCUT2D eigenvalue weighted by Gasteiger charge is -2.28. The molecule has 1 aliphatic heterocycles. The van der Waals surface area contributed by atoms with Crippen molar-refractivity contribution in [3.05, 3.63) is 23.8 Å². The molecule has 5 nitrogen and oxygen atoms in total. The molecule has 0 atom stereocenters. The molecule has 0 fully saturated rings. The van der Waals surface area contributed by atoms with Crippen molar-refractivity contribution in [1.29, 1.82) is 10.5 Å². The number of hydrogen-bond acceptors (Lipinski definition) is 4. The Kier molecular flexibility index (Phi) is 2.45. The molecule has 78 valence electrons. The van der Waals surface area contributed by atoms with Crippen LogP contribution in [0, 0.1) is 22.7 Å². The molecular weight excluding hydrogens is 204 g/mol. The Hall–Kier alpha value is -2.53. The summed E-state index contributed by atoms with van der Waals surface area (Å²) in [5.41, 5.74) is 1.88. The van der Waals surface area contributed by atoms with Crippen LogP contribution in [-0.4, -0.2) is 19.0 Å². The highest BCUT2D eigenvalue weighted by atomic mass is 16.2. The number of benzene rings is 1. The first kappa shape index (κ1) is 10.0. The van der Waals surface area contributed by atoms with Crippen LogP contribution in [-0.2, 0) is 4.79 Å². The van der Waals surface area contributed by atoms with Crippen LogP contribution in [0.25, 0.3) is 0 Å². The van der Waals surface area contributed by atoms with E-state index in [2.05, 4.69) is 5.32 Å². The first-order valence-electron chi connectivity index (χ1n) is 4.70. The zero-order chi connectivity index (χ0) is 11.5. The number of nitrogens with one attached hydrogen (secondary N) is 1. The Morgan fingerprint density at radius 1 is 1.44 bits per heavy atom. The predicted molar refractivity (Wildman–Crippen MR) is 57.6 cm³/mol. The van der Waals surface area contributed by atoms with E-state index in [0.717, 1.165) is 5.69 Å². The summed E-state index contributed by atoms with van der Waals surface area (Å²) in [6.07, 6.45) is 0. The van der Waals surface area contributed by atoms with E-state index < -0.39 is 0 Å². The van der Waals surface area contributed by atoms with Gasteiger partial charge in [-0.05, 0) is 18.2 Å². The van der Waals surface area contributed by atoms with E-state index >= 15 is 0 Å². The summed E-state index contributed by atoms with van der Waals surface area (Å²) < 4.78 is 0. The highest BCUT2D eigenvalue weighted by molar-refractivity contribution is 6.01. The fraction of sp³-hybridized carbons (Fsp3) is 0.182. The summed E-state index contributed by atoms with van der Waals surface area (Å²) in [7, 11) is 0. The van der Waals surface area contributed by atoms with Crippen LogP contribution >= 0.6 is 0 Å². The van der Waals surface area contributed by atoms with Crippen molar-refractivity contribution in [3.63, 3.8) is 0 Å². The van der Waals surface area contributed by atoms with Gasteiger partial charge in [-0.2, -0.15) is 10.5 Å². The van der Waals surface area contributed by atoms with E-state index in [4.69, 9.17) is 10.5 Å². The molecule has 0 unspecified atom stereocenters. The van der Waals surface area contributed by atoms with Crippen LogP contribution in [0.1, 0.15) is 5.56 Å². The summed E-state index contributed by atoms with van der Waals surface area (Å²) in [4.78, 5) is 13.0. The minimum atomic E-state index is -0.146. The van der Waals surface area contributed by atoms with Gasteiger partial charge in [0.05, 0.1) is 35.6 Å². The number of carbonyl (C=O) groups is 1. The maximum Gasteiger partial charge on any atom is 0.243 e. The third-order valence-corrected chi connectivity index (χ3v) is 2.34. The Labute approximate surface area is 92.5 Å². The van der Waals surface area contributed by atoms with E-state index in [1.807, 2.05) is 12.1 Å². The van der Waals surface area contributed by atoms with Gasteiger partial charge in [-0.3, -0.25) is 4.79 Å². The normalized spacial score (nSPS) is 13.4. The molecule has 5 heteroatoms. The number of anilines is 2. The van der Waals surface area contributed by atoms with Crippen LogP contribution in [0.5, 0.6) is 0 Å². The van der Waals surface area contributed by atoms with Gasteiger partial charge in [-0.1, -0.05) is 0 Å². The average Bonchev–Trinajstić information content (AvgIpc) is 2.29. The van der Waals surface area contributed by atoms with E-state index in [1.54, 1.807) is 23.1 Å². The molecule has 0 bridgehead atoms. The molecular formula is C11H8N4O. The molecule has 0 radical (unpaired) electrons. The molecule has 1 N–H and O–H groups in total. The molecule has 2 rings (SSSR count). The van der Waals surface area contributed by atoms with Gasteiger partial charge in [0.15, 0.2) is 0 Å². The lowest BCUT2D eigenvalue weighted by molar-refractivity contribution is -0.115. The van der Waals surface area contributed by atoms with Crippen molar-refractivity contribution in [2.75, 3.05) is 23.3 Å². The SMILES string of the molecule is N#CCN1CC(=O)Nc2ccc(C#N)cc21. The maximum atomic E-state index is 11.3. The molecule has 0 aromatic heterocycles. The van der Waals surface area contributed by atoms with E-state index in [1.165, 1.54) is 0 Å². The van der Waals surface area contributed by atoms with Gasteiger partial charge in [-0.15, -0.1) is 0 Å². The smallest absolute Gasteiger partial charge is 0.243 e. The van der Waals surface area contributed by atoms with Gasteiger partial charge >= 0.3 is 0 Å². The molecule has 1 aromatic carbocycles. The first-order chi connectivity index (χ1) is 7.74. The van der Waals surface area contributed by atoms with Crippen LogP contribution < -0.4 is 10.2 Å². The van der Waals surface area contributed by atoms with Crippen molar-refractivity contribution >= 4 is 17.3 Å². The molecule has 16 heavy (non-hydrogen) atoms. The van der Waals surface area contributed by atoms with Crippen molar-refractivity contribution < 1.29 is 4.79 Å². The fourth-order valence-electron chi connectivity index (χ4n) is 1.64. The van der Waals surface area contributed by atoms with Crippen LogP contribution in [0.15, 0.2) is 18.2 Å². The quantitative estimate of drug-likeness (QED) is 0.699. The number of carbonyl (C=O) groups excluding carboxylic acids is 1. The Balaban J connectivity index is 2.46. The Bertz CT molecular complexity index is 524. The number of nitriles is 2. The minimum absolute atomic E-state index is 0.134. The summed E-state index contributed by atoms with van der Waals surface area (Å²) in [5, 5.41) is 20.2. The molecule has 1 aromatic rings. The summed E-state index contributed by atoms with van der Waals surface area (Å²) in [6.45, 7) is 0.282. The van der Waals surface area contributed by atoms with Gasteiger partial charge in [0.2, 0.25) is 5.91 Å². The minimum Gasteiger partial charge on any atom is -0.347 e. The largest absolute Gasteiger partial charge is 0.347 e. The van der Waals surface area contributed by atoms with Crippen LogP contribution in [0.4, 0.5) is 11.4 Å². The monoisotopic (exact) mass is 212 g/mol. The zero-order valence-corrected chi connectivity index (χ0v) is 8.40. The van der Waals surface area contributed by atoms with Crippen LogP contribution in [0.3, 0.4) is 0 Å². The van der Waals surface area contributed by atoms with Gasteiger partial charge in [0.1, 0.15) is 6.54 Å². The average molecular weight is 212 g/mol. The predicted octanol–water partition coefficient (Wildman–Crippen LogP) is 0.840. The summed E-state index contributed by atoms with van der Waals surface area (Å²) >= 11 is 0. The number of hydrogen-bond donors (Lipinski definition) is 1. The third-order valence-electron chi connectivity index (χ3n) is 2.34. The highest BCUT2D eigenvalue weighted by Gasteiger charge is 2.21. The van der Waals surface area contributed by atoms with E-state index in [0.29, 0.717) is 11.3 Å². The third kappa shape index (κ3) is 1.67. The Morgan fingerprint density at radius 2 is 2.25 bits per heavy atom. The number of fused-ring (bicyclic) bond motifs is 1. The maximum absolute atomic E-state index is 11.3. The van der Waals surface area contributed by atoms with Crippen molar-refractivity contribution in [2.45, 2.75) is 0 Å². The van der Waals surface area contributed by atoms with Crippen molar-refractivity contribution in [1.82, 2.24) is 0 Å². The Morgan fingerprint density at radius 3 is 2.94 bits per heavy atom. The summed E-state index contributed by atoms with van der Waals surface area (Å²) in [6, 6.07) is 9.01. The van der Waals surface area contributed by atoms with Gasteiger partial charge in [-0.25, -0.2) is 0 Å². The number of nitrogens with zero attached hydrogens (tertiary/aromatic N) is 3. The molecule has 1 heterocycles. The lowest BCUT2D eigenvalue weighted by Crippen LogP contribution is -2.38. The van der Waals surface area contributed by atoms with Crippen molar-refractivity contribution in [3.8, 4) is 12.1 Å². The van der Waals surface area contributed by atoms with E-state index in [-0.39, 0.29) is 19.0 Å². The molecule has 0 saturated heterocycles. The molecule has 1 amide bonds. The van der Waals surface area contributed by atoms with Crippen molar-refractivity contribution in [2.24, 2.45) is 0 Å². The molecule has 0 saturated carbocycles.